The second kappa shape index (κ2) is 7.18. The molecule has 0 amide bonds. The summed E-state index contributed by atoms with van der Waals surface area (Å²) in [7, 11) is 1.94. The van der Waals surface area contributed by atoms with Gasteiger partial charge in [0.1, 0.15) is 5.82 Å². The number of aromatic nitrogens is 2. The number of nitrogens with zero attached hydrogens (tertiary/aromatic N) is 3. The highest BCUT2D eigenvalue weighted by Gasteiger charge is 2.15. The summed E-state index contributed by atoms with van der Waals surface area (Å²) in [5, 5.41) is 3.20. The molecule has 4 heteroatoms. The number of hydrogen-bond donors (Lipinski definition) is 1. The van der Waals surface area contributed by atoms with Crippen LogP contribution in [-0.2, 0) is 6.54 Å². The lowest BCUT2D eigenvalue weighted by Crippen LogP contribution is -2.21. The zero-order valence-electron chi connectivity index (χ0n) is 13.3. The van der Waals surface area contributed by atoms with Gasteiger partial charge >= 0.3 is 0 Å². The Bertz CT molecular complexity index is 566. The predicted octanol–water partition coefficient (Wildman–Crippen LogP) is 3.48. The van der Waals surface area contributed by atoms with E-state index in [9.17, 15) is 0 Å². The van der Waals surface area contributed by atoms with E-state index in [2.05, 4.69) is 60.2 Å². The van der Waals surface area contributed by atoms with Crippen LogP contribution in [0.3, 0.4) is 0 Å². The number of para-hydroxylation sites is 1. The van der Waals surface area contributed by atoms with Gasteiger partial charge < -0.3 is 10.2 Å². The third kappa shape index (κ3) is 3.58. The van der Waals surface area contributed by atoms with Gasteiger partial charge in [0, 0.05) is 24.7 Å². The number of rotatable bonds is 6. The molecule has 0 aliphatic heterocycles. The van der Waals surface area contributed by atoms with Crippen LogP contribution < -0.4 is 10.2 Å². The first-order valence-corrected chi connectivity index (χ1v) is 7.50. The Morgan fingerprint density at radius 1 is 1.19 bits per heavy atom. The van der Waals surface area contributed by atoms with E-state index in [-0.39, 0.29) is 0 Å². The number of hydrogen-bond acceptors (Lipinski definition) is 4. The fourth-order valence-corrected chi connectivity index (χ4v) is 2.33. The Labute approximate surface area is 127 Å². The summed E-state index contributed by atoms with van der Waals surface area (Å²) in [5.74, 6) is 1.23. The quantitative estimate of drug-likeness (QED) is 0.881. The van der Waals surface area contributed by atoms with Crippen molar-refractivity contribution >= 4 is 11.4 Å². The maximum absolute atomic E-state index is 4.74. The van der Waals surface area contributed by atoms with Gasteiger partial charge in [-0.3, -0.25) is 0 Å². The van der Waals surface area contributed by atoms with Gasteiger partial charge in [0.05, 0.1) is 17.6 Å². The zero-order chi connectivity index (χ0) is 15.2. The van der Waals surface area contributed by atoms with E-state index in [1.165, 1.54) is 5.69 Å². The average molecular weight is 284 g/mol. The SMILES string of the molecule is CCN(c1ccccc1)c1cnc(C(C)C)nc1CNC. The number of benzene rings is 1. The summed E-state index contributed by atoms with van der Waals surface area (Å²) in [6, 6.07) is 10.4. The van der Waals surface area contributed by atoms with Crippen LogP contribution in [0, 0.1) is 0 Å². The average Bonchev–Trinajstić information content (AvgIpc) is 2.50. The normalized spacial score (nSPS) is 10.9. The van der Waals surface area contributed by atoms with Crippen molar-refractivity contribution in [2.24, 2.45) is 0 Å². The Hall–Kier alpha value is -1.94. The highest BCUT2D eigenvalue weighted by atomic mass is 15.2. The molecule has 0 fully saturated rings. The first-order valence-electron chi connectivity index (χ1n) is 7.50. The molecule has 1 aromatic heterocycles. The molecule has 0 radical (unpaired) electrons. The minimum absolute atomic E-state index is 0.335. The van der Waals surface area contributed by atoms with Crippen LogP contribution in [0.25, 0.3) is 0 Å². The van der Waals surface area contributed by atoms with Crippen LogP contribution in [0.4, 0.5) is 11.4 Å². The van der Waals surface area contributed by atoms with Gasteiger partial charge in [0.25, 0.3) is 0 Å². The summed E-state index contributed by atoms with van der Waals surface area (Å²) in [6.07, 6.45) is 1.95. The first-order chi connectivity index (χ1) is 10.2. The third-order valence-corrected chi connectivity index (χ3v) is 3.40. The van der Waals surface area contributed by atoms with Crippen LogP contribution in [-0.4, -0.2) is 23.6 Å². The van der Waals surface area contributed by atoms with Crippen molar-refractivity contribution in [2.75, 3.05) is 18.5 Å². The van der Waals surface area contributed by atoms with Gasteiger partial charge in [-0.25, -0.2) is 9.97 Å². The Morgan fingerprint density at radius 3 is 2.48 bits per heavy atom. The molecule has 0 bridgehead atoms. The molecule has 4 nitrogen and oxygen atoms in total. The van der Waals surface area contributed by atoms with Crippen LogP contribution >= 0.6 is 0 Å². The van der Waals surface area contributed by atoms with E-state index in [0.717, 1.165) is 30.3 Å². The minimum atomic E-state index is 0.335. The van der Waals surface area contributed by atoms with Crippen LogP contribution in [0.15, 0.2) is 36.5 Å². The minimum Gasteiger partial charge on any atom is -0.339 e. The van der Waals surface area contributed by atoms with Crippen molar-refractivity contribution in [3.05, 3.63) is 48.0 Å². The van der Waals surface area contributed by atoms with Crippen molar-refractivity contribution in [1.82, 2.24) is 15.3 Å². The molecule has 21 heavy (non-hydrogen) atoms. The maximum Gasteiger partial charge on any atom is 0.131 e. The second-order valence-electron chi connectivity index (χ2n) is 5.32. The molecule has 0 spiro atoms. The van der Waals surface area contributed by atoms with E-state index in [1.807, 2.05) is 19.3 Å². The van der Waals surface area contributed by atoms with E-state index in [0.29, 0.717) is 5.92 Å². The van der Waals surface area contributed by atoms with Crippen molar-refractivity contribution in [3.8, 4) is 0 Å². The fourth-order valence-electron chi connectivity index (χ4n) is 2.33. The van der Waals surface area contributed by atoms with Crippen LogP contribution in [0.1, 0.15) is 38.2 Å². The lowest BCUT2D eigenvalue weighted by atomic mass is 10.2. The fraction of sp³-hybridized carbons (Fsp3) is 0.412. The number of nitrogens with one attached hydrogen (secondary N) is 1. The Balaban J connectivity index is 2.45. The molecule has 0 saturated heterocycles. The molecular weight excluding hydrogens is 260 g/mol. The predicted molar refractivity (Wildman–Crippen MR) is 88.0 cm³/mol. The standard InChI is InChI=1S/C17H24N4/c1-5-21(14-9-7-6-8-10-14)16-12-19-17(13(2)3)20-15(16)11-18-4/h6-10,12-13,18H,5,11H2,1-4H3. The van der Waals surface area contributed by atoms with E-state index in [1.54, 1.807) is 0 Å². The molecule has 1 N–H and O–H groups in total. The summed E-state index contributed by atoms with van der Waals surface area (Å²) in [5.41, 5.74) is 3.28. The number of anilines is 2. The highest BCUT2D eigenvalue weighted by Crippen LogP contribution is 2.27. The van der Waals surface area contributed by atoms with Crippen molar-refractivity contribution in [3.63, 3.8) is 0 Å². The molecule has 2 aromatic rings. The second-order valence-corrected chi connectivity index (χ2v) is 5.32. The van der Waals surface area contributed by atoms with Crippen molar-refractivity contribution < 1.29 is 0 Å². The summed E-state index contributed by atoms with van der Waals surface area (Å²) in [4.78, 5) is 11.5. The van der Waals surface area contributed by atoms with Crippen molar-refractivity contribution in [1.29, 1.82) is 0 Å². The van der Waals surface area contributed by atoms with Crippen LogP contribution in [0.5, 0.6) is 0 Å². The lowest BCUT2D eigenvalue weighted by Gasteiger charge is -2.25. The Kier molecular flexibility index (Phi) is 5.28. The third-order valence-electron chi connectivity index (χ3n) is 3.40. The monoisotopic (exact) mass is 284 g/mol. The van der Waals surface area contributed by atoms with Gasteiger partial charge in [0.15, 0.2) is 0 Å². The van der Waals surface area contributed by atoms with E-state index in [4.69, 9.17) is 4.98 Å². The molecule has 1 heterocycles. The smallest absolute Gasteiger partial charge is 0.131 e. The first kappa shape index (κ1) is 15.4. The topological polar surface area (TPSA) is 41.1 Å². The molecule has 0 aliphatic carbocycles. The molecule has 0 aliphatic rings. The largest absolute Gasteiger partial charge is 0.339 e. The summed E-state index contributed by atoms with van der Waals surface area (Å²) < 4.78 is 0. The molecule has 0 saturated carbocycles. The van der Waals surface area contributed by atoms with Gasteiger partial charge in [0.2, 0.25) is 0 Å². The summed E-state index contributed by atoms with van der Waals surface area (Å²) >= 11 is 0. The molecule has 112 valence electrons. The zero-order valence-corrected chi connectivity index (χ0v) is 13.3. The van der Waals surface area contributed by atoms with E-state index < -0.39 is 0 Å². The van der Waals surface area contributed by atoms with Gasteiger partial charge in [-0.2, -0.15) is 0 Å². The maximum atomic E-state index is 4.74. The van der Waals surface area contributed by atoms with Crippen LogP contribution in [0.2, 0.25) is 0 Å². The molecule has 0 unspecified atom stereocenters. The molecule has 2 rings (SSSR count). The van der Waals surface area contributed by atoms with Gasteiger partial charge in [-0.05, 0) is 26.1 Å². The van der Waals surface area contributed by atoms with Gasteiger partial charge in [-0.15, -0.1) is 0 Å². The molecular formula is C17H24N4. The molecule has 0 atom stereocenters. The Morgan fingerprint density at radius 2 is 1.90 bits per heavy atom. The van der Waals surface area contributed by atoms with Crippen molar-refractivity contribution in [2.45, 2.75) is 33.2 Å². The summed E-state index contributed by atoms with van der Waals surface area (Å²) in [6.45, 7) is 8.00. The molecule has 1 aromatic carbocycles. The van der Waals surface area contributed by atoms with Gasteiger partial charge in [-0.1, -0.05) is 32.0 Å². The lowest BCUT2D eigenvalue weighted by molar-refractivity contribution is 0.723. The highest BCUT2D eigenvalue weighted by molar-refractivity contribution is 5.64. The van der Waals surface area contributed by atoms with E-state index >= 15 is 0 Å².